The van der Waals surface area contributed by atoms with Crippen molar-refractivity contribution in [1.82, 2.24) is 0 Å². The number of aliphatic hydroxyl groups is 2. The molecule has 0 aliphatic carbocycles. The molecule has 1 aromatic rings. The molecule has 2 N–H and O–H groups in total. The Hall–Kier alpha value is -1.79. The number of esters is 1. The average molecular weight is 298 g/mol. The topological polar surface area (TPSA) is 85.2 Å². The third-order valence-corrected chi connectivity index (χ3v) is 2.57. The van der Waals surface area contributed by atoms with Crippen LogP contribution in [0.15, 0.2) is 18.2 Å². The van der Waals surface area contributed by atoms with Crippen molar-refractivity contribution in [1.29, 1.82) is 0 Å². The van der Waals surface area contributed by atoms with Gasteiger partial charge in [-0.2, -0.15) is 0 Å². The molecule has 6 heteroatoms. The zero-order valence-corrected chi connectivity index (χ0v) is 12.2. The van der Waals surface area contributed by atoms with E-state index in [9.17, 15) is 4.79 Å². The lowest BCUT2D eigenvalue weighted by molar-refractivity contribution is 0.0525. The summed E-state index contributed by atoms with van der Waals surface area (Å²) in [6.45, 7) is 2.78. The van der Waals surface area contributed by atoms with Crippen molar-refractivity contribution in [2.45, 2.75) is 19.8 Å². The zero-order valence-electron chi connectivity index (χ0n) is 12.2. The lowest BCUT2D eigenvalue weighted by Gasteiger charge is -2.13. The molecule has 1 aromatic carbocycles. The summed E-state index contributed by atoms with van der Waals surface area (Å²) in [5, 5.41) is 17.5. The summed E-state index contributed by atoms with van der Waals surface area (Å²) in [5.41, 5.74) is 0.380. The van der Waals surface area contributed by atoms with Crippen molar-refractivity contribution in [3.8, 4) is 11.5 Å². The SMILES string of the molecule is CCOC(=O)c1ccc(OCCCO)c(OCCCO)c1. The number of ether oxygens (including phenoxy) is 3. The molecule has 6 nitrogen and oxygen atoms in total. The Balaban J connectivity index is 2.82. The molecule has 0 radical (unpaired) electrons. The number of aliphatic hydroxyl groups excluding tert-OH is 2. The highest BCUT2D eigenvalue weighted by molar-refractivity contribution is 5.90. The number of carbonyl (C=O) groups is 1. The summed E-state index contributed by atoms with van der Waals surface area (Å²) in [6.07, 6.45) is 0.995. The standard InChI is InChI=1S/C15H22O6/c1-2-19-15(18)12-5-6-13(20-9-3-7-16)14(11-12)21-10-4-8-17/h5-6,11,16-17H,2-4,7-10H2,1H3. The van der Waals surface area contributed by atoms with E-state index in [1.54, 1.807) is 25.1 Å². The van der Waals surface area contributed by atoms with Crippen LogP contribution >= 0.6 is 0 Å². The van der Waals surface area contributed by atoms with Gasteiger partial charge in [0.05, 0.1) is 25.4 Å². The fourth-order valence-corrected chi connectivity index (χ4v) is 1.57. The highest BCUT2D eigenvalue weighted by atomic mass is 16.5. The summed E-state index contributed by atoms with van der Waals surface area (Å²) in [4.78, 5) is 11.7. The summed E-state index contributed by atoms with van der Waals surface area (Å²) < 4.78 is 16.0. The Morgan fingerprint density at radius 2 is 1.67 bits per heavy atom. The highest BCUT2D eigenvalue weighted by Crippen LogP contribution is 2.29. The van der Waals surface area contributed by atoms with Crippen LogP contribution in [0.5, 0.6) is 11.5 Å². The van der Waals surface area contributed by atoms with Gasteiger partial charge in [-0.15, -0.1) is 0 Å². The Bertz CT molecular complexity index is 432. The van der Waals surface area contributed by atoms with Gasteiger partial charge in [0.1, 0.15) is 0 Å². The molecule has 0 heterocycles. The lowest BCUT2D eigenvalue weighted by Crippen LogP contribution is -2.08. The summed E-state index contributed by atoms with van der Waals surface area (Å²) in [5.74, 6) is 0.493. The van der Waals surface area contributed by atoms with Gasteiger partial charge in [0.2, 0.25) is 0 Å². The first kappa shape index (κ1) is 17.3. The second-order valence-corrected chi connectivity index (χ2v) is 4.23. The van der Waals surface area contributed by atoms with Gasteiger partial charge in [-0.1, -0.05) is 0 Å². The van der Waals surface area contributed by atoms with Gasteiger partial charge in [-0.3, -0.25) is 0 Å². The minimum atomic E-state index is -0.425. The Kier molecular flexibility index (Phi) is 8.23. The molecule has 0 unspecified atom stereocenters. The van der Waals surface area contributed by atoms with Crippen molar-refractivity contribution < 1.29 is 29.2 Å². The summed E-state index contributed by atoms with van der Waals surface area (Å²) >= 11 is 0. The first-order chi connectivity index (χ1) is 10.2. The molecule has 118 valence electrons. The molecule has 0 spiro atoms. The molecule has 0 aliphatic heterocycles. The number of benzene rings is 1. The number of hydrogen-bond acceptors (Lipinski definition) is 6. The second kappa shape index (κ2) is 10.0. The van der Waals surface area contributed by atoms with E-state index in [4.69, 9.17) is 24.4 Å². The Labute approximate surface area is 124 Å². The minimum absolute atomic E-state index is 0.0261. The van der Waals surface area contributed by atoms with Crippen molar-refractivity contribution in [3.63, 3.8) is 0 Å². The normalized spacial score (nSPS) is 10.2. The molecular weight excluding hydrogens is 276 g/mol. The van der Waals surface area contributed by atoms with Gasteiger partial charge < -0.3 is 24.4 Å². The summed E-state index contributed by atoms with van der Waals surface area (Å²) in [7, 11) is 0. The van der Waals surface area contributed by atoms with Gasteiger partial charge in [0, 0.05) is 26.1 Å². The van der Waals surface area contributed by atoms with Crippen LogP contribution in [0.4, 0.5) is 0 Å². The molecule has 0 amide bonds. The monoisotopic (exact) mass is 298 g/mol. The molecule has 0 saturated heterocycles. The molecule has 0 aliphatic rings. The van der Waals surface area contributed by atoms with Gasteiger partial charge in [-0.05, 0) is 25.1 Å². The average Bonchev–Trinajstić information content (AvgIpc) is 2.49. The van der Waals surface area contributed by atoms with Crippen LogP contribution in [0.1, 0.15) is 30.1 Å². The van der Waals surface area contributed by atoms with Gasteiger partial charge in [0.15, 0.2) is 11.5 Å². The zero-order chi connectivity index (χ0) is 15.5. The molecular formula is C15H22O6. The molecule has 0 bridgehead atoms. The van der Waals surface area contributed by atoms with Crippen LogP contribution in [-0.2, 0) is 4.74 Å². The van der Waals surface area contributed by atoms with Crippen LogP contribution in [0.25, 0.3) is 0 Å². The second-order valence-electron chi connectivity index (χ2n) is 4.23. The third-order valence-electron chi connectivity index (χ3n) is 2.57. The Morgan fingerprint density at radius 1 is 1.05 bits per heavy atom. The van der Waals surface area contributed by atoms with Gasteiger partial charge in [-0.25, -0.2) is 4.79 Å². The first-order valence-electron chi connectivity index (χ1n) is 7.01. The van der Waals surface area contributed by atoms with Crippen LogP contribution in [0.3, 0.4) is 0 Å². The van der Waals surface area contributed by atoms with E-state index in [2.05, 4.69) is 0 Å². The van der Waals surface area contributed by atoms with Crippen LogP contribution in [-0.4, -0.2) is 49.2 Å². The van der Waals surface area contributed by atoms with Crippen molar-refractivity contribution in [2.24, 2.45) is 0 Å². The molecule has 0 saturated carbocycles. The predicted molar refractivity (Wildman–Crippen MR) is 76.8 cm³/mol. The van der Waals surface area contributed by atoms with E-state index in [-0.39, 0.29) is 13.2 Å². The van der Waals surface area contributed by atoms with Gasteiger partial charge >= 0.3 is 5.97 Å². The molecule has 1 rings (SSSR count). The predicted octanol–water partition coefficient (Wildman–Crippen LogP) is 1.39. The number of hydrogen-bond donors (Lipinski definition) is 2. The van der Waals surface area contributed by atoms with Crippen LogP contribution in [0.2, 0.25) is 0 Å². The quantitative estimate of drug-likeness (QED) is 0.501. The maximum Gasteiger partial charge on any atom is 0.338 e. The summed E-state index contributed by atoms with van der Waals surface area (Å²) in [6, 6.07) is 4.80. The molecule has 21 heavy (non-hydrogen) atoms. The fraction of sp³-hybridized carbons (Fsp3) is 0.533. The van der Waals surface area contributed by atoms with Crippen molar-refractivity contribution in [2.75, 3.05) is 33.0 Å². The van der Waals surface area contributed by atoms with Crippen molar-refractivity contribution in [3.05, 3.63) is 23.8 Å². The fourth-order valence-electron chi connectivity index (χ4n) is 1.57. The van der Waals surface area contributed by atoms with Crippen LogP contribution in [0, 0.1) is 0 Å². The maximum atomic E-state index is 11.7. The molecule has 0 fully saturated rings. The first-order valence-corrected chi connectivity index (χ1v) is 7.01. The minimum Gasteiger partial charge on any atom is -0.490 e. The van der Waals surface area contributed by atoms with E-state index in [0.29, 0.717) is 49.7 Å². The van der Waals surface area contributed by atoms with Gasteiger partial charge in [0.25, 0.3) is 0 Å². The van der Waals surface area contributed by atoms with E-state index in [0.717, 1.165) is 0 Å². The van der Waals surface area contributed by atoms with E-state index >= 15 is 0 Å². The maximum absolute atomic E-state index is 11.7. The van der Waals surface area contributed by atoms with Crippen molar-refractivity contribution >= 4 is 5.97 Å². The lowest BCUT2D eigenvalue weighted by atomic mass is 10.2. The largest absolute Gasteiger partial charge is 0.490 e. The third kappa shape index (κ3) is 6.01. The number of carbonyl (C=O) groups excluding carboxylic acids is 1. The Morgan fingerprint density at radius 3 is 2.24 bits per heavy atom. The molecule has 0 atom stereocenters. The number of rotatable bonds is 10. The van der Waals surface area contributed by atoms with E-state index in [1.165, 1.54) is 0 Å². The van der Waals surface area contributed by atoms with E-state index < -0.39 is 5.97 Å². The van der Waals surface area contributed by atoms with E-state index in [1.807, 2.05) is 0 Å². The highest BCUT2D eigenvalue weighted by Gasteiger charge is 2.12. The molecule has 0 aromatic heterocycles. The van der Waals surface area contributed by atoms with Crippen LogP contribution < -0.4 is 9.47 Å². The smallest absolute Gasteiger partial charge is 0.338 e.